The first-order valence-corrected chi connectivity index (χ1v) is 7.01. The maximum absolute atomic E-state index is 12.5. The Morgan fingerprint density at radius 3 is 2.38 bits per heavy atom. The number of likely N-dealkylation sites (tertiary alicyclic amines) is 1. The van der Waals surface area contributed by atoms with Crippen molar-refractivity contribution in [3.63, 3.8) is 0 Å². The highest BCUT2D eigenvalue weighted by molar-refractivity contribution is 6.00. The highest BCUT2D eigenvalue weighted by Crippen LogP contribution is 2.32. The van der Waals surface area contributed by atoms with E-state index in [1.807, 2.05) is 19.9 Å². The Balaban J connectivity index is 2.15. The fourth-order valence-electron chi connectivity index (χ4n) is 2.38. The number of amides is 2. The molecule has 0 aromatic heterocycles. The molecule has 1 aliphatic rings. The van der Waals surface area contributed by atoms with Crippen molar-refractivity contribution in [2.24, 2.45) is 0 Å². The molecule has 0 spiro atoms. The third kappa shape index (κ3) is 2.75. The molecule has 1 aromatic carbocycles. The fourth-order valence-corrected chi connectivity index (χ4v) is 2.38. The predicted octanol–water partition coefficient (Wildman–Crippen LogP) is 1.69. The number of benzene rings is 1. The van der Waals surface area contributed by atoms with E-state index in [1.165, 1.54) is 0 Å². The Hall–Kier alpha value is -2.35. The number of nitrogens with one attached hydrogen (secondary N) is 1. The van der Waals surface area contributed by atoms with Gasteiger partial charge < -0.3 is 10.2 Å². The normalized spacial score (nSPS) is 20.6. The maximum Gasteiger partial charge on any atom is 0.254 e. The molecule has 0 aliphatic carbocycles. The SMILES string of the molecule is CC(C)NC(=O)C1(C)CCN1C(=O)c1ccc(C#N)cc1. The van der Waals surface area contributed by atoms with Gasteiger partial charge in [0, 0.05) is 18.2 Å². The van der Waals surface area contributed by atoms with Crippen molar-refractivity contribution in [1.29, 1.82) is 5.26 Å². The lowest BCUT2D eigenvalue weighted by Crippen LogP contribution is -2.67. The molecule has 2 rings (SSSR count). The van der Waals surface area contributed by atoms with E-state index in [0.717, 1.165) is 0 Å². The molecule has 0 saturated carbocycles. The summed E-state index contributed by atoms with van der Waals surface area (Å²) in [6.07, 6.45) is 0.660. The number of hydrogen-bond donors (Lipinski definition) is 1. The van der Waals surface area contributed by atoms with Gasteiger partial charge in [-0.05, 0) is 51.5 Å². The standard InChI is InChI=1S/C16H19N3O2/c1-11(2)18-15(21)16(3)8-9-19(16)14(20)13-6-4-12(10-17)5-7-13/h4-7,11H,8-9H2,1-3H3,(H,18,21). The van der Waals surface area contributed by atoms with E-state index in [4.69, 9.17) is 5.26 Å². The first kappa shape index (κ1) is 15.0. The molecule has 5 heteroatoms. The van der Waals surface area contributed by atoms with E-state index in [9.17, 15) is 9.59 Å². The monoisotopic (exact) mass is 285 g/mol. The molecule has 0 radical (unpaired) electrons. The van der Waals surface area contributed by atoms with Gasteiger partial charge in [0.2, 0.25) is 5.91 Å². The first-order valence-electron chi connectivity index (χ1n) is 7.01. The van der Waals surface area contributed by atoms with Gasteiger partial charge in [-0.3, -0.25) is 9.59 Å². The van der Waals surface area contributed by atoms with Crippen LogP contribution in [0.2, 0.25) is 0 Å². The van der Waals surface area contributed by atoms with Crippen LogP contribution in [0.25, 0.3) is 0 Å². The molecule has 1 N–H and O–H groups in total. The van der Waals surface area contributed by atoms with Gasteiger partial charge in [-0.1, -0.05) is 0 Å². The van der Waals surface area contributed by atoms with Crippen molar-refractivity contribution >= 4 is 11.8 Å². The third-order valence-electron chi connectivity index (χ3n) is 3.83. The Bertz CT molecular complexity index is 601. The van der Waals surface area contributed by atoms with Gasteiger partial charge in [-0.2, -0.15) is 5.26 Å². The van der Waals surface area contributed by atoms with Gasteiger partial charge in [0.15, 0.2) is 0 Å². The smallest absolute Gasteiger partial charge is 0.254 e. The lowest BCUT2D eigenvalue weighted by molar-refractivity contribution is -0.138. The van der Waals surface area contributed by atoms with Crippen LogP contribution in [0.1, 0.15) is 43.1 Å². The fraction of sp³-hybridized carbons (Fsp3) is 0.438. The van der Waals surface area contributed by atoms with Gasteiger partial charge in [-0.25, -0.2) is 0 Å². The summed E-state index contributed by atoms with van der Waals surface area (Å²) in [6.45, 7) is 6.15. The van der Waals surface area contributed by atoms with Crippen molar-refractivity contribution in [2.75, 3.05) is 6.54 Å². The van der Waals surface area contributed by atoms with Crippen LogP contribution in [0.5, 0.6) is 0 Å². The zero-order chi connectivity index (χ0) is 15.6. The van der Waals surface area contributed by atoms with Crippen molar-refractivity contribution in [3.05, 3.63) is 35.4 Å². The van der Waals surface area contributed by atoms with Crippen LogP contribution in [-0.4, -0.2) is 34.8 Å². The lowest BCUT2D eigenvalue weighted by Gasteiger charge is -2.49. The topological polar surface area (TPSA) is 73.2 Å². The van der Waals surface area contributed by atoms with E-state index in [0.29, 0.717) is 24.1 Å². The van der Waals surface area contributed by atoms with Crippen molar-refractivity contribution in [1.82, 2.24) is 10.2 Å². The summed E-state index contributed by atoms with van der Waals surface area (Å²) in [5.74, 6) is -0.294. The van der Waals surface area contributed by atoms with E-state index in [-0.39, 0.29) is 17.9 Å². The van der Waals surface area contributed by atoms with Crippen molar-refractivity contribution < 1.29 is 9.59 Å². The zero-order valence-corrected chi connectivity index (χ0v) is 12.5. The largest absolute Gasteiger partial charge is 0.352 e. The van der Waals surface area contributed by atoms with Crippen LogP contribution in [0, 0.1) is 11.3 Å². The summed E-state index contributed by atoms with van der Waals surface area (Å²) in [5, 5.41) is 11.6. The Morgan fingerprint density at radius 2 is 1.95 bits per heavy atom. The minimum absolute atomic E-state index is 0.0433. The van der Waals surface area contributed by atoms with Gasteiger partial charge in [0.1, 0.15) is 5.54 Å². The van der Waals surface area contributed by atoms with Crippen LogP contribution >= 0.6 is 0 Å². The first-order chi connectivity index (χ1) is 9.88. The van der Waals surface area contributed by atoms with Crippen LogP contribution in [0.4, 0.5) is 0 Å². The highest BCUT2D eigenvalue weighted by Gasteiger charge is 2.49. The summed E-state index contributed by atoms with van der Waals surface area (Å²) in [6, 6.07) is 8.53. The molecule has 1 aromatic rings. The molecule has 1 unspecified atom stereocenters. The number of carbonyl (C=O) groups is 2. The number of nitriles is 1. The molecule has 110 valence electrons. The molecule has 0 bridgehead atoms. The second-order valence-electron chi connectivity index (χ2n) is 5.80. The zero-order valence-electron chi connectivity index (χ0n) is 12.5. The number of hydrogen-bond acceptors (Lipinski definition) is 3. The molecule has 1 fully saturated rings. The third-order valence-corrected chi connectivity index (χ3v) is 3.83. The highest BCUT2D eigenvalue weighted by atomic mass is 16.2. The molecule has 5 nitrogen and oxygen atoms in total. The predicted molar refractivity (Wildman–Crippen MR) is 78.5 cm³/mol. The second-order valence-corrected chi connectivity index (χ2v) is 5.80. The Labute approximate surface area is 124 Å². The van der Waals surface area contributed by atoms with Crippen molar-refractivity contribution in [3.8, 4) is 6.07 Å². The lowest BCUT2D eigenvalue weighted by atomic mass is 9.84. The summed E-state index contributed by atoms with van der Waals surface area (Å²) in [5.41, 5.74) is 0.225. The Morgan fingerprint density at radius 1 is 1.33 bits per heavy atom. The second kappa shape index (κ2) is 5.57. The molecular formula is C16H19N3O2. The average molecular weight is 285 g/mol. The van der Waals surface area contributed by atoms with E-state index >= 15 is 0 Å². The van der Waals surface area contributed by atoms with Gasteiger partial charge >= 0.3 is 0 Å². The van der Waals surface area contributed by atoms with Gasteiger partial charge in [0.25, 0.3) is 5.91 Å². The minimum Gasteiger partial charge on any atom is -0.352 e. The number of rotatable bonds is 3. The molecule has 1 saturated heterocycles. The van der Waals surface area contributed by atoms with Crippen molar-refractivity contribution in [2.45, 2.75) is 38.8 Å². The number of carbonyl (C=O) groups excluding carboxylic acids is 2. The molecule has 1 aliphatic heterocycles. The minimum atomic E-state index is -0.782. The Kier molecular flexibility index (Phi) is 3.99. The molecule has 2 amide bonds. The van der Waals surface area contributed by atoms with Crippen LogP contribution in [-0.2, 0) is 4.79 Å². The summed E-state index contributed by atoms with van der Waals surface area (Å²) < 4.78 is 0. The van der Waals surface area contributed by atoms with Crippen LogP contribution < -0.4 is 5.32 Å². The van der Waals surface area contributed by atoms with Crippen LogP contribution in [0.15, 0.2) is 24.3 Å². The summed E-state index contributed by atoms with van der Waals surface area (Å²) in [7, 11) is 0. The molecule has 1 heterocycles. The maximum atomic E-state index is 12.5. The van der Waals surface area contributed by atoms with E-state index in [2.05, 4.69) is 5.32 Å². The molecular weight excluding hydrogens is 266 g/mol. The summed E-state index contributed by atoms with van der Waals surface area (Å²) >= 11 is 0. The molecule has 21 heavy (non-hydrogen) atoms. The summed E-state index contributed by atoms with van der Waals surface area (Å²) in [4.78, 5) is 26.3. The van der Waals surface area contributed by atoms with Crippen LogP contribution in [0.3, 0.4) is 0 Å². The van der Waals surface area contributed by atoms with E-state index < -0.39 is 5.54 Å². The van der Waals surface area contributed by atoms with Gasteiger partial charge in [0.05, 0.1) is 11.6 Å². The van der Waals surface area contributed by atoms with Gasteiger partial charge in [-0.15, -0.1) is 0 Å². The molecule has 1 atom stereocenters. The number of nitrogens with zero attached hydrogens (tertiary/aromatic N) is 2. The average Bonchev–Trinajstić information content (AvgIpc) is 2.44. The quantitative estimate of drug-likeness (QED) is 0.918. The van der Waals surface area contributed by atoms with E-state index in [1.54, 1.807) is 36.1 Å².